The second-order valence-corrected chi connectivity index (χ2v) is 8.75. The van der Waals surface area contributed by atoms with Gasteiger partial charge in [-0.15, -0.1) is 11.3 Å². The van der Waals surface area contributed by atoms with Crippen LogP contribution in [0.5, 0.6) is 5.75 Å². The molecule has 8 heteroatoms. The van der Waals surface area contributed by atoms with E-state index in [-0.39, 0.29) is 17.7 Å². The monoisotopic (exact) mass is 455 g/mol. The van der Waals surface area contributed by atoms with Crippen molar-refractivity contribution in [2.45, 2.75) is 31.7 Å². The van der Waals surface area contributed by atoms with E-state index < -0.39 is 0 Å². The van der Waals surface area contributed by atoms with Crippen LogP contribution >= 0.6 is 22.9 Å². The van der Waals surface area contributed by atoms with Crippen LogP contribution in [0.3, 0.4) is 0 Å². The maximum absolute atomic E-state index is 12.9. The highest BCUT2D eigenvalue weighted by Gasteiger charge is 2.30. The van der Waals surface area contributed by atoms with Gasteiger partial charge >= 0.3 is 0 Å². The van der Waals surface area contributed by atoms with E-state index in [4.69, 9.17) is 16.3 Å². The molecule has 4 rings (SSSR count). The van der Waals surface area contributed by atoms with Crippen molar-refractivity contribution in [3.63, 3.8) is 0 Å². The first kappa shape index (κ1) is 21.3. The van der Waals surface area contributed by atoms with Gasteiger partial charge in [0.15, 0.2) is 5.13 Å². The molecule has 0 spiro atoms. The molecule has 31 heavy (non-hydrogen) atoms. The van der Waals surface area contributed by atoms with Crippen LogP contribution in [0.15, 0.2) is 48.5 Å². The number of fused-ring (bicyclic) bond motifs is 1. The molecule has 0 fully saturated rings. The number of carbonyl (C=O) groups excluding carboxylic acids is 2. The Balaban J connectivity index is 1.44. The third-order valence-corrected chi connectivity index (χ3v) is 6.67. The Morgan fingerprint density at radius 1 is 1.19 bits per heavy atom. The zero-order valence-electron chi connectivity index (χ0n) is 17.0. The molecule has 3 aromatic rings. The minimum absolute atomic E-state index is 0.0702. The SMILES string of the molecule is COc1ccc(C(=O)Nc2nc3c(s2)CCC[C@@H]3C(=O)NCc2ccccc2Cl)cc1. The van der Waals surface area contributed by atoms with Crippen molar-refractivity contribution in [1.29, 1.82) is 0 Å². The summed E-state index contributed by atoms with van der Waals surface area (Å²) in [5, 5.41) is 6.98. The number of benzene rings is 2. The number of thiazole rings is 1. The summed E-state index contributed by atoms with van der Waals surface area (Å²) in [5.74, 6) is 0.0497. The number of ether oxygens (including phenoxy) is 1. The lowest BCUT2D eigenvalue weighted by Gasteiger charge is -2.20. The fraction of sp³-hybridized carbons (Fsp3) is 0.261. The fourth-order valence-corrected chi connectivity index (χ4v) is 4.85. The van der Waals surface area contributed by atoms with Crippen LogP contribution in [0.25, 0.3) is 0 Å². The largest absolute Gasteiger partial charge is 0.497 e. The van der Waals surface area contributed by atoms with Crippen molar-refractivity contribution in [3.05, 3.63) is 75.3 Å². The Morgan fingerprint density at radius 3 is 2.71 bits per heavy atom. The van der Waals surface area contributed by atoms with Gasteiger partial charge in [-0.3, -0.25) is 14.9 Å². The van der Waals surface area contributed by atoms with Gasteiger partial charge in [-0.2, -0.15) is 0 Å². The first-order chi connectivity index (χ1) is 15.0. The molecule has 0 saturated carbocycles. The second-order valence-electron chi connectivity index (χ2n) is 7.26. The van der Waals surface area contributed by atoms with E-state index in [9.17, 15) is 9.59 Å². The quantitative estimate of drug-likeness (QED) is 0.559. The lowest BCUT2D eigenvalue weighted by atomic mass is 9.90. The third kappa shape index (κ3) is 4.89. The number of anilines is 1. The molecule has 0 saturated heterocycles. The maximum atomic E-state index is 12.9. The summed E-state index contributed by atoms with van der Waals surface area (Å²) in [5.41, 5.74) is 2.15. The molecule has 0 radical (unpaired) electrons. The van der Waals surface area contributed by atoms with Crippen LogP contribution in [0.4, 0.5) is 5.13 Å². The van der Waals surface area contributed by atoms with Gasteiger partial charge in [-0.1, -0.05) is 29.8 Å². The summed E-state index contributed by atoms with van der Waals surface area (Å²) >= 11 is 7.62. The molecular weight excluding hydrogens is 434 g/mol. The highest BCUT2D eigenvalue weighted by Crippen LogP contribution is 2.37. The minimum atomic E-state index is -0.325. The number of aryl methyl sites for hydroxylation is 1. The Bertz CT molecular complexity index is 1100. The summed E-state index contributed by atoms with van der Waals surface area (Å²) in [4.78, 5) is 31.1. The van der Waals surface area contributed by atoms with Gasteiger partial charge in [0.1, 0.15) is 5.75 Å². The average molecular weight is 456 g/mol. The number of methoxy groups -OCH3 is 1. The standard InChI is InChI=1S/C23H22ClN3O3S/c1-30-16-11-9-14(10-12-16)21(28)27-23-26-20-17(6-4-8-19(20)31-23)22(29)25-13-15-5-2-3-7-18(15)24/h2-3,5,7,9-12,17H,4,6,8,13H2,1H3,(H,25,29)(H,26,27,28)/t17-/m0/s1. The number of hydrogen-bond donors (Lipinski definition) is 2. The smallest absolute Gasteiger partial charge is 0.257 e. The molecule has 1 aromatic heterocycles. The van der Waals surface area contributed by atoms with E-state index in [0.29, 0.717) is 28.0 Å². The van der Waals surface area contributed by atoms with Crippen molar-refractivity contribution < 1.29 is 14.3 Å². The highest BCUT2D eigenvalue weighted by molar-refractivity contribution is 7.16. The zero-order chi connectivity index (χ0) is 21.8. The van der Waals surface area contributed by atoms with Gasteiger partial charge in [0, 0.05) is 22.0 Å². The van der Waals surface area contributed by atoms with Gasteiger partial charge in [-0.25, -0.2) is 4.98 Å². The van der Waals surface area contributed by atoms with Crippen LogP contribution in [0.2, 0.25) is 5.02 Å². The molecule has 2 amide bonds. The third-order valence-electron chi connectivity index (χ3n) is 5.25. The molecule has 0 aliphatic heterocycles. The number of amides is 2. The van der Waals surface area contributed by atoms with E-state index in [2.05, 4.69) is 15.6 Å². The summed E-state index contributed by atoms with van der Waals surface area (Å²) in [6, 6.07) is 14.3. The van der Waals surface area contributed by atoms with Gasteiger partial charge in [-0.05, 0) is 55.2 Å². The van der Waals surface area contributed by atoms with Crippen molar-refractivity contribution in [3.8, 4) is 5.75 Å². The Morgan fingerprint density at radius 2 is 1.97 bits per heavy atom. The summed E-state index contributed by atoms with van der Waals surface area (Å²) in [6.45, 7) is 0.371. The molecule has 6 nitrogen and oxygen atoms in total. The highest BCUT2D eigenvalue weighted by atomic mass is 35.5. The van der Waals surface area contributed by atoms with E-state index in [1.807, 2.05) is 18.2 Å². The number of hydrogen-bond acceptors (Lipinski definition) is 5. The molecular formula is C23H22ClN3O3S. The van der Waals surface area contributed by atoms with Crippen LogP contribution < -0.4 is 15.4 Å². The Labute approximate surface area is 189 Å². The van der Waals surface area contributed by atoms with Crippen LogP contribution in [-0.4, -0.2) is 23.9 Å². The van der Waals surface area contributed by atoms with Gasteiger partial charge in [0.25, 0.3) is 5.91 Å². The van der Waals surface area contributed by atoms with Crippen LogP contribution in [-0.2, 0) is 17.8 Å². The minimum Gasteiger partial charge on any atom is -0.497 e. The second kappa shape index (κ2) is 9.49. The topological polar surface area (TPSA) is 80.3 Å². The molecule has 1 aliphatic rings. The van der Waals surface area contributed by atoms with E-state index in [1.165, 1.54) is 11.3 Å². The molecule has 0 bridgehead atoms. The lowest BCUT2D eigenvalue weighted by molar-refractivity contribution is -0.123. The first-order valence-corrected chi connectivity index (χ1v) is 11.2. The van der Waals surface area contributed by atoms with Crippen molar-refractivity contribution in [1.82, 2.24) is 10.3 Å². The number of rotatable bonds is 6. The average Bonchev–Trinajstić information content (AvgIpc) is 3.20. The molecule has 1 heterocycles. The maximum Gasteiger partial charge on any atom is 0.257 e. The lowest BCUT2D eigenvalue weighted by Crippen LogP contribution is -2.31. The zero-order valence-corrected chi connectivity index (χ0v) is 18.6. The molecule has 2 aromatic carbocycles. The summed E-state index contributed by atoms with van der Waals surface area (Å²) in [6.07, 6.45) is 2.50. The summed E-state index contributed by atoms with van der Waals surface area (Å²) in [7, 11) is 1.58. The number of halogens is 1. The van der Waals surface area contributed by atoms with Gasteiger partial charge in [0.2, 0.25) is 5.91 Å². The summed E-state index contributed by atoms with van der Waals surface area (Å²) < 4.78 is 5.12. The number of nitrogens with one attached hydrogen (secondary N) is 2. The van der Waals surface area contributed by atoms with Crippen LogP contribution in [0.1, 0.15) is 45.3 Å². The van der Waals surface area contributed by atoms with Gasteiger partial charge < -0.3 is 10.1 Å². The number of carbonyl (C=O) groups is 2. The molecule has 0 unspecified atom stereocenters. The first-order valence-electron chi connectivity index (χ1n) is 10.0. The number of aromatic nitrogens is 1. The van der Waals surface area contributed by atoms with E-state index >= 15 is 0 Å². The van der Waals surface area contributed by atoms with Gasteiger partial charge in [0.05, 0.1) is 18.7 Å². The van der Waals surface area contributed by atoms with Crippen molar-refractivity contribution >= 4 is 39.9 Å². The molecule has 1 atom stereocenters. The number of nitrogens with zero attached hydrogens (tertiary/aromatic N) is 1. The normalized spacial score (nSPS) is 15.1. The Kier molecular flexibility index (Phi) is 6.53. The van der Waals surface area contributed by atoms with E-state index in [0.717, 1.165) is 35.4 Å². The van der Waals surface area contributed by atoms with Crippen LogP contribution in [0, 0.1) is 0 Å². The molecule has 2 N–H and O–H groups in total. The van der Waals surface area contributed by atoms with Crippen molar-refractivity contribution in [2.24, 2.45) is 0 Å². The molecule has 1 aliphatic carbocycles. The predicted molar refractivity (Wildman–Crippen MR) is 122 cm³/mol. The fourth-order valence-electron chi connectivity index (χ4n) is 3.59. The predicted octanol–water partition coefficient (Wildman–Crippen LogP) is 4.79. The van der Waals surface area contributed by atoms with E-state index in [1.54, 1.807) is 37.4 Å². The molecule has 160 valence electrons. The van der Waals surface area contributed by atoms with Crippen molar-refractivity contribution in [2.75, 3.05) is 12.4 Å². The Hall–Kier alpha value is -2.90.